The lowest BCUT2D eigenvalue weighted by Crippen LogP contribution is -2.18. The first-order valence-corrected chi connectivity index (χ1v) is 10.8. The Hall–Kier alpha value is -2.59. The van der Waals surface area contributed by atoms with E-state index in [1.54, 1.807) is 11.3 Å². The fourth-order valence-corrected chi connectivity index (χ4v) is 5.36. The smallest absolute Gasteiger partial charge is 0.267 e. The Labute approximate surface area is 168 Å². The molecule has 0 unspecified atom stereocenters. The second-order valence-electron chi connectivity index (χ2n) is 7.86. The van der Waals surface area contributed by atoms with E-state index in [2.05, 4.69) is 53.1 Å². The summed E-state index contributed by atoms with van der Waals surface area (Å²) in [6.07, 6.45) is 11.6. The first-order valence-electron chi connectivity index (χ1n) is 9.99. The van der Waals surface area contributed by atoms with Crippen LogP contribution in [0.4, 0.5) is 0 Å². The standard InChI is InChI=1S/C21H22BN5S/c1-3-14-8-16(9-17-10-26(2)25-20(14)17)19-12-27-11-18(24-21(27)28-19)15-4-6-22(13-23)7-5-15/h8-12,15H,3-7H2,1-2H3. The van der Waals surface area contributed by atoms with Crippen LogP contribution in [0.1, 0.15) is 36.9 Å². The van der Waals surface area contributed by atoms with Gasteiger partial charge >= 0.3 is 0 Å². The van der Waals surface area contributed by atoms with Crippen LogP contribution < -0.4 is 0 Å². The Morgan fingerprint density at radius 2 is 2.07 bits per heavy atom. The summed E-state index contributed by atoms with van der Waals surface area (Å²) < 4.78 is 4.06. The summed E-state index contributed by atoms with van der Waals surface area (Å²) in [5.74, 6) is 2.92. The zero-order chi connectivity index (χ0) is 19.3. The molecular weight excluding hydrogens is 365 g/mol. The van der Waals surface area contributed by atoms with Gasteiger partial charge in [-0.05, 0) is 29.7 Å². The van der Waals surface area contributed by atoms with Gasteiger partial charge in [0.25, 0.3) is 6.71 Å². The number of nitriles is 1. The monoisotopic (exact) mass is 387 g/mol. The van der Waals surface area contributed by atoms with Gasteiger partial charge in [-0.1, -0.05) is 43.7 Å². The van der Waals surface area contributed by atoms with Crippen molar-refractivity contribution in [2.24, 2.45) is 7.05 Å². The molecule has 7 heteroatoms. The van der Waals surface area contributed by atoms with E-state index in [1.807, 2.05) is 11.7 Å². The molecule has 0 N–H and O–H groups in total. The van der Waals surface area contributed by atoms with Crippen LogP contribution in [0, 0.1) is 11.2 Å². The lowest BCUT2D eigenvalue weighted by atomic mass is 9.41. The van der Waals surface area contributed by atoms with Gasteiger partial charge in [-0.25, -0.2) is 10.2 Å². The maximum Gasteiger partial charge on any atom is 0.267 e. The largest absolute Gasteiger partial charge is 0.297 e. The Balaban J connectivity index is 1.47. The van der Waals surface area contributed by atoms with E-state index < -0.39 is 0 Å². The fourth-order valence-electron chi connectivity index (χ4n) is 4.40. The lowest BCUT2D eigenvalue weighted by Gasteiger charge is -2.21. The number of imidazole rings is 1. The number of hydrogen-bond donors (Lipinski definition) is 0. The summed E-state index contributed by atoms with van der Waals surface area (Å²) in [4.78, 5) is 7.22. The zero-order valence-corrected chi connectivity index (χ0v) is 17.0. The van der Waals surface area contributed by atoms with Crippen LogP contribution in [-0.2, 0) is 13.5 Å². The number of aromatic nitrogens is 4. The van der Waals surface area contributed by atoms with Crippen molar-refractivity contribution in [2.75, 3.05) is 0 Å². The average molecular weight is 387 g/mol. The molecule has 1 saturated heterocycles. The van der Waals surface area contributed by atoms with Gasteiger partial charge in [0.05, 0.1) is 16.1 Å². The van der Waals surface area contributed by atoms with E-state index >= 15 is 0 Å². The van der Waals surface area contributed by atoms with E-state index in [1.165, 1.54) is 27.1 Å². The minimum atomic E-state index is 0.238. The fraction of sp³-hybridized carbons (Fsp3) is 0.381. The number of benzene rings is 1. The number of thiazole rings is 1. The highest BCUT2D eigenvalue weighted by Gasteiger charge is 2.27. The maximum atomic E-state index is 9.10. The van der Waals surface area contributed by atoms with Gasteiger partial charge in [0.2, 0.25) is 0 Å². The Bertz CT molecular complexity index is 1170. The van der Waals surface area contributed by atoms with Crippen molar-refractivity contribution in [1.82, 2.24) is 19.2 Å². The van der Waals surface area contributed by atoms with Gasteiger partial charge < -0.3 is 0 Å². The SMILES string of the molecule is CCc1cc(-c2cn3cc(C4CCB(C#N)CC4)nc3s2)cc2cn(C)nc12. The highest BCUT2D eigenvalue weighted by molar-refractivity contribution is 7.20. The topological polar surface area (TPSA) is 58.9 Å². The van der Waals surface area contributed by atoms with E-state index in [4.69, 9.17) is 10.2 Å². The van der Waals surface area contributed by atoms with E-state index in [0.29, 0.717) is 5.92 Å². The molecule has 0 bridgehead atoms. The number of nitrogens with zero attached hydrogens (tertiary/aromatic N) is 5. The molecule has 1 fully saturated rings. The highest BCUT2D eigenvalue weighted by atomic mass is 32.1. The van der Waals surface area contributed by atoms with Crippen molar-refractivity contribution < 1.29 is 0 Å². The third kappa shape index (κ3) is 2.93. The first kappa shape index (κ1) is 17.5. The van der Waals surface area contributed by atoms with E-state index in [-0.39, 0.29) is 6.71 Å². The van der Waals surface area contributed by atoms with Crippen molar-refractivity contribution in [1.29, 1.82) is 5.26 Å². The Morgan fingerprint density at radius 1 is 1.25 bits per heavy atom. The zero-order valence-electron chi connectivity index (χ0n) is 16.2. The van der Waals surface area contributed by atoms with Crippen molar-refractivity contribution in [3.63, 3.8) is 0 Å². The second-order valence-corrected chi connectivity index (χ2v) is 8.87. The molecule has 0 saturated carbocycles. The summed E-state index contributed by atoms with van der Waals surface area (Å²) >= 11 is 1.75. The van der Waals surface area contributed by atoms with Gasteiger partial charge in [0.15, 0.2) is 4.96 Å². The summed E-state index contributed by atoms with van der Waals surface area (Å²) in [5.41, 5.74) is 4.81. The predicted molar refractivity (Wildman–Crippen MR) is 115 cm³/mol. The number of fused-ring (bicyclic) bond motifs is 2. The van der Waals surface area contributed by atoms with Gasteiger partial charge in [-0.15, -0.1) is 0 Å². The maximum absolute atomic E-state index is 9.10. The van der Waals surface area contributed by atoms with Gasteiger partial charge in [0.1, 0.15) is 0 Å². The highest BCUT2D eigenvalue weighted by Crippen LogP contribution is 2.36. The van der Waals surface area contributed by atoms with Crippen LogP contribution in [-0.4, -0.2) is 25.9 Å². The number of rotatable bonds is 3. The number of hydrogen-bond acceptors (Lipinski definition) is 4. The quantitative estimate of drug-likeness (QED) is 0.468. The molecule has 1 aliphatic heterocycles. The summed E-state index contributed by atoms with van der Waals surface area (Å²) in [5, 5.41) is 14.9. The average Bonchev–Trinajstić information content (AvgIpc) is 3.39. The third-order valence-corrected chi connectivity index (χ3v) is 7.02. The minimum absolute atomic E-state index is 0.238. The molecule has 3 aromatic heterocycles. The molecule has 5 nitrogen and oxygen atoms in total. The Morgan fingerprint density at radius 3 is 2.79 bits per heavy atom. The molecule has 0 spiro atoms. The first-order chi connectivity index (χ1) is 13.6. The summed E-state index contributed by atoms with van der Waals surface area (Å²) in [7, 11) is 1.98. The van der Waals surface area contributed by atoms with Crippen LogP contribution in [0.25, 0.3) is 26.3 Å². The molecule has 0 aliphatic carbocycles. The van der Waals surface area contributed by atoms with Crippen LogP contribution in [0.15, 0.2) is 30.7 Å². The molecule has 28 heavy (non-hydrogen) atoms. The molecule has 4 aromatic rings. The van der Waals surface area contributed by atoms with E-state index in [9.17, 15) is 0 Å². The van der Waals surface area contributed by atoms with Gasteiger partial charge in [-0.3, -0.25) is 9.08 Å². The molecule has 1 aromatic carbocycles. The van der Waals surface area contributed by atoms with Crippen molar-refractivity contribution in [3.05, 3.63) is 42.0 Å². The van der Waals surface area contributed by atoms with Crippen molar-refractivity contribution in [2.45, 2.75) is 44.7 Å². The normalized spacial score (nSPS) is 15.5. The molecule has 140 valence electrons. The molecular formula is C21H22BN5S. The molecule has 1 aliphatic rings. The second kappa shape index (κ2) is 6.79. The molecule has 5 rings (SSSR count). The number of aryl methyl sites for hydroxylation is 2. The van der Waals surface area contributed by atoms with Crippen LogP contribution in [0.3, 0.4) is 0 Å². The summed E-state index contributed by atoms with van der Waals surface area (Å²) in [6, 6.07) is 4.50. The van der Waals surface area contributed by atoms with Crippen molar-refractivity contribution >= 4 is 33.9 Å². The molecule has 0 radical (unpaired) electrons. The minimum Gasteiger partial charge on any atom is -0.297 e. The summed E-state index contributed by atoms with van der Waals surface area (Å²) in [6.45, 7) is 2.42. The predicted octanol–water partition coefficient (Wildman–Crippen LogP) is 4.95. The van der Waals surface area contributed by atoms with E-state index in [0.717, 1.165) is 42.4 Å². The van der Waals surface area contributed by atoms with Gasteiger partial charge in [-0.2, -0.15) is 5.10 Å². The lowest BCUT2D eigenvalue weighted by molar-refractivity contribution is 0.598. The van der Waals surface area contributed by atoms with Crippen LogP contribution in [0.2, 0.25) is 12.6 Å². The molecule has 0 atom stereocenters. The molecule has 4 heterocycles. The van der Waals surface area contributed by atoms with Crippen molar-refractivity contribution in [3.8, 4) is 16.4 Å². The van der Waals surface area contributed by atoms with Crippen LogP contribution >= 0.6 is 11.3 Å². The molecule has 0 amide bonds. The third-order valence-electron chi connectivity index (χ3n) is 5.97. The van der Waals surface area contributed by atoms with Gasteiger partial charge in [0, 0.05) is 42.9 Å². The van der Waals surface area contributed by atoms with Crippen LogP contribution in [0.5, 0.6) is 0 Å². The Kier molecular flexibility index (Phi) is 4.24.